The van der Waals surface area contributed by atoms with Gasteiger partial charge < -0.3 is 4.74 Å². The van der Waals surface area contributed by atoms with Crippen molar-refractivity contribution < 1.29 is 27.1 Å². The van der Waals surface area contributed by atoms with Gasteiger partial charge in [0.1, 0.15) is 6.61 Å². The normalized spacial score (nSPS) is 13.4. The summed E-state index contributed by atoms with van der Waals surface area (Å²) >= 11 is 6.71. The molecule has 0 aliphatic rings. The molecule has 1 rings (SSSR count). The molecule has 0 aliphatic heterocycles. The molecule has 118 valence electrons. The molecule has 0 bridgehead atoms. The molecule has 21 heavy (non-hydrogen) atoms. The van der Waals surface area contributed by atoms with Gasteiger partial charge in [-0.3, -0.25) is 4.79 Å². The van der Waals surface area contributed by atoms with Gasteiger partial charge in [0.25, 0.3) is 0 Å². The molecular formula is C13H13ClF4O2S. The fourth-order valence-electron chi connectivity index (χ4n) is 1.26. The predicted molar refractivity (Wildman–Crippen MR) is 74.6 cm³/mol. The van der Waals surface area contributed by atoms with E-state index in [9.17, 15) is 22.4 Å². The van der Waals surface area contributed by atoms with Gasteiger partial charge in [-0.25, -0.2) is 8.78 Å². The second-order valence-electron chi connectivity index (χ2n) is 4.14. The van der Waals surface area contributed by atoms with E-state index in [2.05, 4.69) is 4.74 Å². The zero-order valence-corrected chi connectivity index (χ0v) is 12.3. The molecule has 1 aromatic carbocycles. The third-order valence-corrected chi connectivity index (χ3v) is 3.85. The number of halogens is 5. The summed E-state index contributed by atoms with van der Waals surface area (Å²) in [5, 5.41) is -0.935. The molecule has 0 radical (unpaired) electrons. The molecule has 0 heterocycles. The van der Waals surface area contributed by atoms with Gasteiger partial charge in [-0.1, -0.05) is 42.1 Å². The van der Waals surface area contributed by atoms with Crippen molar-refractivity contribution in [3.63, 3.8) is 0 Å². The zero-order valence-electron chi connectivity index (χ0n) is 10.8. The van der Waals surface area contributed by atoms with Crippen LogP contribution >= 0.6 is 23.4 Å². The molecule has 0 aliphatic carbocycles. The van der Waals surface area contributed by atoms with Crippen LogP contribution in [0.4, 0.5) is 17.6 Å². The lowest BCUT2D eigenvalue weighted by atomic mass is 10.2. The van der Waals surface area contributed by atoms with E-state index in [-0.39, 0.29) is 17.5 Å². The van der Waals surface area contributed by atoms with E-state index in [0.29, 0.717) is 5.56 Å². The number of hydrogen-bond donors (Lipinski definition) is 0. The van der Waals surface area contributed by atoms with E-state index >= 15 is 0 Å². The van der Waals surface area contributed by atoms with Crippen molar-refractivity contribution in [1.29, 1.82) is 0 Å². The van der Waals surface area contributed by atoms with Crippen molar-refractivity contribution in [3.8, 4) is 0 Å². The molecule has 0 fully saturated rings. The number of ether oxygens (including phenoxy) is 1. The van der Waals surface area contributed by atoms with Gasteiger partial charge in [0, 0.05) is 11.3 Å². The summed E-state index contributed by atoms with van der Waals surface area (Å²) in [4.78, 5) is 11.7. The number of alkyl halides is 5. The summed E-state index contributed by atoms with van der Waals surface area (Å²) in [5.41, 5.74) is 0.497. The molecule has 8 heteroatoms. The molecule has 2 nitrogen and oxygen atoms in total. The lowest BCUT2D eigenvalue weighted by Crippen LogP contribution is -2.33. The van der Waals surface area contributed by atoms with Gasteiger partial charge in [-0.05, 0) is 0 Å². The van der Waals surface area contributed by atoms with Crippen LogP contribution in [0.15, 0.2) is 30.3 Å². The van der Waals surface area contributed by atoms with Gasteiger partial charge in [0.2, 0.25) is 5.12 Å². The number of benzene rings is 1. The average molecular weight is 345 g/mol. The molecule has 1 aromatic rings. The molecule has 0 aromatic heterocycles. The fourth-order valence-corrected chi connectivity index (χ4v) is 2.27. The number of carbonyl (C=O) groups excluding carboxylic acids is 1. The van der Waals surface area contributed by atoms with E-state index in [0.717, 1.165) is 11.8 Å². The summed E-state index contributed by atoms with van der Waals surface area (Å²) in [6.07, 6.45) is -3.78. The molecule has 0 spiro atoms. The minimum Gasteiger partial charge on any atom is -0.373 e. The van der Waals surface area contributed by atoms with Crippen molar-refractivity contribution in [2.75, 3.05) is 19.0 Å². The average Bonchev–Trinajstić information content (AvgIpc) is 2.45. The first-order valence-electron chi connectivity index (χ1n) is 5.93. The zero-order chi connectivity index (χ0) is 15.9. The van der Waals surface area contributed by atoms with Gasteiger partial charge in [0.15, 0.2) is 0 Å². The SMILES string of the molecule is O=C(SCC(Cl)COCC(F)(F)C(F)F)c1ccccc1. The highest BCUT2D eigenvalue weighted by Gasteiger charge is 2.41. The van der Waals surface area contributed by atoms with Crippen molar-refractivity contribution in [2.45, 2.75) is 17.7 Å². The standard InChI is InChI=1S/C13H13ClF4O2S/c14-10(6-20-8-13(17,18)12(15)16)7-21-11(19)9-4-2-1-3-5-9/h1-5,10,12H,6-8H2. The first-order valence-corrected chi connectivity index (χ1v) is 7.35. The Morgan fingerprint density at radius 1 is 1.29 bits per heavy atom. The molecule has 0 saturated heterocycles. The van der Waals surface area contributed by atoms with Crippen LogP contribution in [0.3, 0.4) is 0 Å². The molecular weight excluding hydrogens is 332 g/mol. The third-order valence-electron chi connectivity index (χ3n) is 2.32. The molecule has 1 unspecified atom stereocenters. The second-order valence-corrected chi connectivity index (χ2v) is 5.75. The number of carbonyl (C=O) groups is 1. The maximum atomic E-state index is 12.6. The fraction of sp³-hybridized carbons (Fsp3) is 0.462. The summed E-state index contributed by atoms with van der Waals surface area (Å²) in [6.45, 7) is -1.73. The van der Waals surface area contributed by atoms with Crippen LogP contribution in [-0.4, -0.2) is 41.8 Å². The summed E-state index contributed by atoms with van der Waals surface area (Å²) < 4.78 is 53.3. The third kappa shape index (κ3) is 6.67. The Balaban J connectivity index is 2.26. The van der Waals surface area contributed by atoms with Crippen LogP contribution in [-0.2, 0) is 4.74 Å². The van der Waals surface area contributed by atoms with Gasteiger partial charge in [0.05, 0.1) is 12.0 Å². The maximum Gasteiger partial charge on any atom is 0.330 e. The highest BCUT2D eigenvalue weighted by atomic mass is 35.5. The Bertz CT molecular complexity index is 445. The molecule has 0 N–H and O–H groups in total. The van der Waals surface area contributed by atoms with Gasteiger partial charge in [-0.15, -0.1) is 11.6 Å². The van der Waals surface area contributed by atoms with Crippen molar-refractivity contribution in [1.82, 2.24) is 0 Å². The predicted octanol–water partition coefficient (Wildman–Crippen LogP) is 4.08. The highest BCUT2D eigenvalue weighted by molar-refractivity contribution is 8.14. The lowest BCUT2D eigenvalue weighted by molar-refractivity contribution is -0.165. The Hall–Kier alpha value is -0.790. The van der Waals surface area contributed by atoms with E-state index < -0.39 is 24.3 Å². The minimum absolute atomic E-state index is 0.134. The summed E-state index contributed by atoms with van der Waals surface area (Å²) in [6, 6.07) is 8.46. The van der Waals surface area contributed by atoms with Crippen molar-refractivity contribution in [3.05, 3.63) is 35.9 Å². The molecule has 0 amide bonds. The first-order chi connectivity index (χ1) is 9.83. The molecule has 1 atom stereocenters. The largest absolute Gasteiger partial charge is 0.373 e. The monoisotopic (exact) mass is 344 g/mol. The first kappa shape index (κ1) is 18.3. The smallest absolute Gasteiger partial charge is 0.330 e. The quantitative estimate of drug-likeness (QED) is 0.525. The van der Waals surface area contributed by atoms with Crippen LogP contribution < -0.4 is 0 Å². The topological polar surface area (TPSA) is 26.3 Å². The summed E-state index contributed by atoms with van der Waals surface area (Å²) in [7, 11) is 0. The number of hydrogen-bond acceptors (Lipinski definition) is 3. The van der Waals surface area contributed by atoms with Crippen LogP contribution in [0.25, 0.3) is 0 Å². The Morgan fingerprint density at radius 2 is 1.90 bits per heavy atom. The van der Waals surface area contributed by atoms with Crippen LogP contribution in [0.5, 0.6) is 0 Å². The molecule has 0 saturated carbocycles. The van der Waals surface area contributed by atoms with Crippen LogP contribution in [0, 0.1) is 0 Å². The lowest BCUT2D eigenvalue weighted by Gasteiger charge is -2.16. The van der Waals surface area contributed by atoms with Gasteiger partial charge in [-0.2, -0.15) is 8.78 Å². The van der Waals surface area contributed by atoms with E-state index in [1.165, 1.54) is 0 Å². The Labute approximate surface area is 128 Å². The van der Waals surface area contributed by atoms with E-state index in [1.54, 1.807) is 30.3 Å². The van der Waals surface area contributed by atoms with E-state index in [4.69, 9.17) is 11.6 Å². The van der Waals surface area contributed by atoms with Crippen LogP contribution in [0.1, 0.15) is 10.4 Å². The van der Waals surface area contributed by atoms with Gasteiger partial charge >= 0.3 is 12.3 Å². The highest BCUT2D eigenvalue weighted by Crippen LogP contribution is 2.23. The summed E-state index contributed by atoms with van der Waals surface area (Å²) in [5.74, 6) is -4.06. The van der Waals surface area contributed by atoms with Crippen molar-refractivity contribution >= 4 is 28.5 Å². The minimum atomic E-state index is -4.19. The van der Waals surface area contributed by atoms with Crippen molar-refractivity contribution in [2.24, 2.45) is 0 Å². The Morgan fingerprint density at radius 3 is 2.48 bits per heavy atom. The van der Waals surface area contributed by atoms with E-state index in [1.807, 2.05) is 0 Å². The number of rotatable bonds is 8. The maximum absolute atomic E-state index is 12.6. The Kier molecular flexibility index (Phi) is 7.48. The second kappa shape index (κ2) is 8.60. The number of thioether (sulfide) groups is 1. The van der Waals surface area contributed by atoms with Crippen LogP contribution in [0.2, 0.25) is 0 Å².